The molecule has 9 nitrogen and oxygen atoms in total. The molecule has 0 aliphatic carbocycles. The first kappa shape index (κ1) is 34.9. The van der Waals surface area contributed by atoms with Crippen molar-refractivity contribution < 1.29 is 28.5 Å². The number of methoxy groups -OCH3 is 3. The van der Waals surface area contributed by atoms with Crippen molar-refractivity contribution in [2.45, 2.75) is 58.2 Å². The highest BCUT2D eigenvalue weighted by atomic mass is 16.5. The number of hydrogen-bond donors (Lipinski definition) is 2. The molecule has 9 heteroatoms. The van der Waals surface area contributed by atoms with Crippen molar-refractivity contribution >= 4 is 12.3 Å². The van der Waals surface area contributed by atoms with Crippen LogP contribution in [0.4, 0.5) is 0 Å². The second-order valence-electron chi connectivity index (χ2n) is 9.59. The van der Waals surface area contributed by atoms with Gasteiger partial charge in [-0.3, -0.25) is 9.59 Å². The molecule has 0 spiro atoms. The third-order valence-corrected chi connectivity index (χ3v) is 6.45. The average Bonchev–Trinajstić information content (AvgIpc) is 3.50. The molecule has 0 aromatic heterocycles. The summed E-state index contributed by atoms with van der Waals surface area (Å²) in [5, 5.41) is 5.84. The van der Waals surface area contributed by atoms with Gasteiger partial charge in [0, 0.05) is 58.5 Å². The summed E-state index contributed by atoms with van der Waals surface area (Å²) < 4.78 is 21.2. The zero-order chi connectivity index (χ0) is 29.8. The van der Waals surface area contributed by atoms with E-state index in [4.69, 9.17) is 18.9 Å². The van der Waals surface area contributed by atoms with Gasteiger partial charge in [0.05, 0.1) is 19.8 Å². The molecule has 40 heavy (non-hydrogen) atoms. The standard InChI is InChI=1S/C16H25NO4.C10H14O.C5H10N2O/c1-12(2)17(3)16(18)13-7-8-14(20-5)15(11-13)21-10-6-9-19-4;1-3-10(11-2)9-7-5-4-6-8-9;8-4-7-5-1-2-6-3-5/h7-8,11-12H,6,9-10H2,1-5H3;4-8,10H,3H2,1-2H3;4-6H,1-3H2,(H,7,8). The Morgan fingerprint density at radius 2 is 1.82 bits per heavy atom. The van der Waals surface area contributed by atoms with Crippen molar-refractivity contribution in [2.24, 2.45) is 0 Å². The normalized spacial score (nSPS) is 14.7. The Kier molecular flexibility index (Phi) is 18.1. The molecular formula is C31H49N3O6. The Morgan fingerprint density at radius 1 is 1.10 bits per heavy atom. The van der Waals surface area contributed by atoms with E-state index in [0.717, 1.165) is 38.8 Å². The molecule has 2 N–H and O–H groups in total. The van der Waals surface area contributed by atoms with Gasteiger partial charge in [-0.1, -0.05) is 37.3 Å². The van der Waals surface area contributed by atoms with Crippen LogP contribution in [0.3, 0.4) is 0 Å². The Bertz CT molecular complexity index is 947. The summed E-state index contributed by atoms with van der Waals surface area (Å²) in [6, 6.07) is 16.1. The second-order valence-corrected chi connectivity index (χ2v) is 9.59. The van der Waals surface area contributed by atoms with Crippen LogP contribution in [-0.2, 0) is 14.3 Å². The monoisotopic (exact) mass is 559 g/mol. The fourth-order valence-electron chi connectivity index (χ4n) is 3.85. The van der Waals surface area contributed by atoms with Gasteiger partial charge in [0.25, 0.3) is 5.91 Å². The van der Waals surface area contributed by atoms with Crippen LogP contribution in [0, 0.1) is 0 Å². The van der Waals surface area contributed by atoms with Gasteiger partial charge in [-0.25, -0.2) is 0 Å². The molecule has 0 bridgehead atoms. The summed E-state index contributed by atoms with van der Waals surface area (Å²) >= 11 is 0. The molecule has 1 heterocycles. The zero-order valence-electron chi connectivity index (χ0n) is 25.3. The average molecular weight is 560 g/mol. The quantitative estimate of drug-likeness (QED) is 0.276. The van der Waals surface area contributed by atoms with Crippen LogP contribution in [0.25, 0.3) is 0 Å². The molecule has 2 atom stereocenters. The number of amides is 2. The number of nitrogens with zero attached hydrogens (tertiary/aromatic N) is 1. The fourth-order valence-corrected chi connectivity index (χ4v) is 3.85. The maximum Gasteiger partial charge on any atom is 0.253 e. The molecule has 0 saturated carbocycles. The molecule has 1 fully saturated rings. The summed E-state index contributed by atoms with van der Waals surface area (Å²) in [5.41, 5.74) is 1.85. The Morgan fingerprint density at radius 3 is 2.35 bits per heavy atom. The summed E-state index contributed by atoms with van der Waals surface area (Å²) in [5.74, 6) is 1.17. The lowest BCUT2D eigenvalue weighted by atomic mass is 10.1. The van der Waals surface area contributed by atoms with Gasteiger partial charge < -0.3 is 34.5 Å². The van der Waals surface area contributed by atoms with Crippen LogP contribution in [0.15, 0.2) is 48.5 Å². The largest absolute Gasteiger partial charge is 0.493 e. The maximum atomic E-state index is 12.3. The lowest BCUT2D eigenvalue weighted by molar-refractivity contribution is -0.110. The Hall–Kier alpha value is -3.14. The van der Waals surface area contributed by atoms with E-state index < -0.39 is 0 Å². The lowest BCUT2D eigenvalue weighted by Gasteiger charge is -2.22. The first-order chi connectivity index (χ1) is 19.3. The van der Waals surface area contributed by atoms with Crippen molar-refractivity contribution in [3.05, 3.63) is 59.7 Å². The number of carbonyl (C=O) groups excluding carboxylic acids is 2. The molecule has 0 radical (unpaired) electrons. The number of nitrogens with one attached hydrogen (secondary N) is 2. The molecule has 2 unspecified atom stereocenters. The molecule has 1 aliphatic rings. The van der Waals surface area contributed by atoms with Crippen LogP contribution in [0.5, 0.6) is 11.5 Å². The van der Waals surface area contributed by atoms with Crippen LogP contribution >= 0.6 is 0 Å². The summed E-state index contributed by atoms with van der Waals surface area (Å²) in [6.45, 7) is 9.19. The topological polar surface area (TPSA) is 98.4 Å². The van der Waals surface area contributed by atoms with Gasteiger partial charge in [0.1, 0.15) is 0 Å². The molecule has 2 amide bonds. The van der Waals surface area contributed by atoms with Gasteiger partial charge in [-0.2, -0.15) is 0 Å². The number of carbonyl (C=O) groups is 2. The summed E-state index contributed by atoms with van der Waals surface area (Å²) in [6.07, 6.45) is 3.90. The van der Waals surface area contributed by atoms with Crippen LogP contribution in [0.1, 0.15) is 62.1 Å². The predicted octanol–water partition coefficient (Wildman–Crippen LogP) is 4.47. The lowest BCUT2D eigenvalue weighted by Crippen LogP contribution is -2.32. The molecule has 2 aromatic rings. The number of hydrogen-bond acceptors (Lipinski definition) is 7. The number of ether oxygens (including phenoxy) is 4. The third kappa shape index (κ3) is 12.8. The molecule has 3 rings (SSSR count). The minimum atomic E-state index is -0.0330. The van der Waals surface area contributed by atoms with E-state index >= 15 is 0 Å². The third-order valence-electron chi connectivity index (χ3n) is 6.45. The zero-order valence-corrected chi connectivity index (χ0v) is 25.3. The highest BCUT2D eigenvalue weighted by molar-refractivity contribution is 5.94. The van der Waals surface area contributed by atoms with Crippen molar-refractivity contribution in [1.82, 2.24) is 15.5 Å². The van der Waals surface area contributed by atoms with E-state index in [0.29, 0.717) is 36.3 Å². The number of rotatable bonds is 13. The first-order valence-electron chi connectivity index (χ1n) is 13.9. The molecule has 1 aliphatic heterocycles. The molecule has 2 aromatic carbocycles. The highest BCUT2D eigenvalue weighted by Gasteiger charge is 2.17. The van der Waals surface area contributed by atoms with Crippen molar-refractivity contribution in [3.63, 3.8) is 0 Å². The van der Waals surface area contributed by atoms with Gasteiger partial charge in [-0.05, 0) is 57.0 Å². The smallest absolute Gasteiger partial charge is 0.253 e. The first-order valence-corrected chi connectivity index (χ1v) is 13.9. The van der Waals surface area contributed by atoms with Gasteiger partial charge in [0.15, 0.2) is 11.5 Å². The number of benzene rings is 2. The van der Waals surface area contributed by atoms with E-state index in [1.165, 1.54) is 5.56 Å². The van der Waals surface area contributed by atoms with Gasteiger partial charge >= 0.3 is 0 Å². The highest BCUT2D eigenvalue weighted by Crippen LogP contribution is 2.29. The van der Waals surface area contributed by atoms with E-state index in [2.05, 4.69) is 29.7 Å². The van der Waals surface area contributed by atoms with Crippen LogP contribution < -0.4 is 20.1 Å². The summed E-state index contributed by atoms with van der Waals surface area (Å²) in [4.78, 5) is 23.8. The SMILES string of the molecule is CCC(OC)c1ccccc1.COCCCOc1cc(C(=O)N(C)C(C)C)ccc1OC.O=CNC1CCNC1. The van der Waals surface area contributed by atoms with Crippen molar-refractivity contribution in [1.29, 1.82) is 0 Å². The molecular weight excluding hydrogens is 510 g/mol. The van der Waals surface area contributed by atoms with E-state index in [1.807, 2.05) is 32.0 Å². The summed E-state index contributed by atoms with van der Waals surface area (Å²) in [7, 11) is 6.78. The van der Waals surface area contributed by atoms with Gasteiger partial charge in [-0.15, -0.1) is 0 Å². The van der Waals surface area contributed by atoms with Crippen molar-refractivity contribution in [3.8, 4) is 11.5 Å². The maximum absolute atomic E-state index is 12.3. The predicted molar refractivity (Wildman–Crippen MR) is 159 cm³/mol. The fraction of sp³-hybridized carbons (Fsp3) is 0.548. The molecule has 1 saturated heterocycles. The van der Waals surface area contributed by atoms with E-state index in [1.54, 1.807) is 51.5 Å². The van der Waals surface area contributed by atoms with Crippen molar-refractivity contribution in [2.75, 3.05) is 54.7 Å². The van der Waals surface area contributed by atoms with E-state index in [-0.39, 0.29) is 18.1 Å². The minimum absolute atomic E-state index is 0.0330. The van der Waals surface area contributed by atoms with E-state index in [9.17, 15) is 9.59 Å². The minimum Gasteiger partial charge on any atom is -0.493 e. The Labute approximate surface area is 240 Å². The molecule has 224 valence electrons. The Balaban J connectivity index is 0.000000347. The van der Waals surface area contributed by atoms with Crippen LogP contribution in [0.2, 0.25) is 0 Å². The van der Waals surface area contributed by atoms with Crippen LogP contribution in [-0.4, -0.2) is 84.0 Å². The second kappa shape index (κ2) is 20.7. The van der Waals surface area contributed by atoms with Gasteiger partial charge in [0.2, 0.25) is 6.41 Å².